The van der Waals surface area contributed by atoms with E-state index in [1.807, 2.05) is 68.4 Å². The van der Waals surface area contributed by atoms with Gasteiger partial charge in [0.2, 0.25) is 11.8 Å². The van der Waals surface area contributed by atoms with E-state index in [0.29, 0.717) is 36.7 Å². The van der Waals surface area contributed by atoms with Gasteiger partial charge in [-0.1, -0.05) is 55.8 Å². The van der Waals surface area contributed by atoms with E-state index in [1.165, 1.54) is 0 Å². The predicted molar refractivity (Wildman–Crippen MR) is 121 cm³/mol. The van der Waals surface area contributed by atoms with E-state index < -0.39 is 6.04 Å². The van der Waals surface area contributed by atoms with Crippen LogP contribution in [0.5, 0.6) is 0 Å². The highest BCUT2D eigenvalue weighted by Gasteiger charge is 2.28. The molecule has 1 N–H and O–H groups in total. The molecule has 0 fully saturated rings. The summed E-state index contributed by atoms with van der Waals surface area (Å²) in [6.07, 6.45) is 1.82. The number of benzene rings is 2. The van der Waals surface area contributed by atoms with Gasteiger partial charge in [0.1, 0.15) is 6.04 Å². The van der Waals surface area contributed by atoms with Gasteiger partial charge in [-0.2, -0.15) is 0 Å². The number of thioether (sulfide) groups is 1. The first-order chi connectivity index (χ1) is 14.0. The first-order valence-corrected chi connectivity index (χ1v) is 11.4. The minimum absolute atomic E-state index is 0.00573. The SMILES string of the molecule is CCCNC(=O)[C@@H](CC)N(Cc1ccccc1)C(=O)CCSc1ccc(Cl)cc1. The summed E-state index contributed by atoms with van der Waals surface area (Å²) < 4.78 is 0. The fourth-order valence-corrected chi connectivity index (χ4v) is 3.96. The monoisotopic (exact) mass is 432 g/mol. The van der Waals surface area contributed by atoms with Gasteiger partial charge in [0.05, 0.1) is 0 Å². The maximum atomic E-state index is 13.1. The van der Waals surface area contributed by atoms with Gasteiger partial charge in [0.15, 0.2) is 0 Å². The minimum atomic E-state index is -0.463. The van der Waals surface area contributed by atoms with Gasteiger partial charge < -0.3 is 10.2 Å². The van der Waals surface area contributed by atoms with Crippen molar-refractivity contribution in [3.63, 3.8) is 0 Å². The molecule has 0 saturated carbocycles. The molecule has 29 heavy (non-hydrogen) atoms. The summed E-state index contributed by atoms with van der Waals surface area (Å²) in [6, 6.07) is 17.0. The standard InChI is InChI=1S/C23H29ClN2O2S/c1-3-15-25-23(28)21(4-2)26(17-18-8-6-5-7-9-18)22(27)14-16-29-20-12-10-19(24)11-13-20/h5-13,21H,3-4,14-17H2,1-2H3,(H,25,28)/t21-/m1/s1. The molecule has 0 aromatic heterocycles. The van der Waals surface area contributed by atoms with Crippen molar-refractivity contribution in [3.05, 3.63) is 65.2 Å². The third kappa shape index (κ3) is 7.75. The number of nitrogens with one attached hydrogen (secondary N) is 1. The van der Waals surface area contributed by atoms with E-state index in [1.54, 1.807) is 16.7 Å². The molecular formula is C23H29ClN2O2S. The van der Waals surface area contributed by atoms with Crippen LogP contribution in [0, 0.1) is 0 Å². The van der Waals surface area contributed by atoms with E-state index in [9.17, 15) is 9.59 Å². The Hall–Kier alpha value is -1.98. The Morgan fingerprint density at radius 2 is 1.76 bits per heavy atom. The molecule has 0 saturated heterocycles. The van der Waals surface area contributed by atoms with Gasteiger partial charge in [-0.05, 0) is 42.7 Å². The van der Waals surface area contributed by atoms with Crippen LogP contribution in [0.25, 0.3) is 0 Å². The van der Waals surface area contributed by atoms with Crippen LogP contribution >= 0.6 is 23.4 Å². The highest BCUT2D eigenvalue weighted by Crippen LogP contribution is 2.22. The number of hydrogen-bond donors (Lipinski definition) is 1. The zero-order valence-electron chi connectivity index (χ0n) is 17.1. The summed E-state index contributed by atoms with van der Waals surface area (Å²) in [5.41, 5.74) is 1.02. The molecule has 2 aromatic carbocycles. The Kier molecular flexibility index (Phi) is 10.1. The number of carbonyl (C=O) groups excluding carboxylic acids is 2. The topological polar surface area (TPSA) is 49.4 Å². The highest BCUT2D eigenvalue weighted by molar-refractivity contribution is 7.99. The summed E-state index contributed by atoms with van der Waals surface area (Å²) in [4.78, 5) is 28.6. The van der Waals surface area contributed by atoms with Gasteiger partial charge in [-0.3, -0.25) is 9.59 Å². The molecule has 2 aromatic rings. The quantitative estimate of drug-likeness (QED) is 0.499. The molecular weight excluding hydrogens is 404 g/mol. The van der Waals surface area contributed by atoms with Crippen molar-refractivity contribution >= 4 is 35.2 Å². The van der Waals surface area contributed by atoms with Crippen LogP contribution in [0.15, 0.2) is 59.5 Å². The van der Waals surface area contributed by atoms with Crippen LogP contribution < -0.4 is 5.32 Å². The fourth-order valence-electron chi connectivity index (χ4n) is 3.00. The van der Waals surface area contributed by atoms with E-state index >= 15 is 0 Å². The first kappa shape index (κ1) is 23.3. The van der Waals surface area contributed by atoms with E-state index in [2.05, 4.69) is 5.32 Å². The number of carbonyl (C=O) groups is 2. The molecule has 0 unspecified atom stereocenters. The number of rotatable bonds is 11. The normalized spacial score (nSPS) is 11.7. The molecule has 0 bridgehead atoms. The maximum Gasteiger partial charge on any atom is 0.242 e. The Labute approximate surface area is 183 Å². The second-order valence-electron chi connectivity index (χ2n) is 6.77. The molecule has 1 atom stereocenters. The number of hydrogen-bond acceptors (Lipinski definition) is 3. The molecule has 0 aliphatic heterocycles. The van der Waals surface area contributed by atoms with Gasteiger partial charge in [0, 0.05) is 35.2 Å². The van der Waals surface area contributed by atoms with Crippen LogP contribution in [0.2, 0.25) is 5.02 Å². The second-order valence-corrected chi connectivity index (χ2v) is 8.38. The summed E-state index contributed by atoms with van der Waals surface area (Å²) in [5.74, 6) is 0.566. The van der Waals surface area contributed by atoms with Crippen LogP contribution in [0.4, 0.5) is 0 Å². The van der Waals surface area contributed by atoms with Crippen molar-refractivity contribution in [3.8, 4) is 0 Å². The lowest BCUT2D eigenvalue weighted by Crippen LogP contribution is -2.49. The van der Waals surface area contributed by atoms with Crippen molar-refractivity contribution in [2.45, 2.75) is 50.6 Å². The highest BCUT2D eigenvalue weighted by atomic mass is 35.5. The summed E-state index contributed by atoms with van der Waals surface area (Å²) in [7, 11) is 0. The molecule has 0 radical (unpaired) electrons. The second kappa shape index (κ2) is 12.6. The number of nitrogens with zero attached hydrogens (tertiary/aromatic N) is 1. The number of amides is 2. The smallest absolute Gasteiger partial charge is 0.242 e. The summed E-state index contributed by atoms with van der Waals surface area (Å²) >= 11 is 7.54. The molecule has 0 aliphatic carbocycles. The Morgan fingerprint density at radius 1 is 1.07 bits per heavy atom. The average Bonchev–Trinajstić information content (AvgIpc) is 2.74. The summed E-state index contributed by atoms with van der Waals surface area (Å²) in [5, 5.41) is 3.64. The zero-order valence-corrected chi connectivity index (χ0v) is 18.6. The van der Waals surface area contributed by atoms with Crippen molar-refractivity contribution in [1.29, 1.82) is 0 Å². The molecule has 2 rings (SSSR count). The molecule has 4 nitrogen and oxygen atoms in total. The van der Waals surface area contributed by atoms with Crippen LogP contribution in [0.3, 0.4) is 0 Å². The first-order valence-electron chi connectivity index (χ1n) is 10.0. The van der Waals surface area contributed by atoms with Crippen LogP contribution in [-0.2, 0) is 16.1 Å². The van der Waals surface area contributed by atoms with Gasteiger partial charge in [0.25, 0.3) is 0 Å². The fraction of sp³-hybridized carbons (Fsp3) is 0.391. The van der Waals surface area contributed by atoms with Crippen LogP contribution in [-0.4, -0.2) is 35.1 Å². The summed E-state index contributed by atoms with van der Waals surface area (Å²) in [6.45, 7) is 5.02. The lowest BCUT2D eigenvalue weighted by molar-refractivity contribution is -0.141. The molecule has 2 amide bonds. The van der Waals surface area contributed by atoms with E-state index in [-0.39, 0.29) is 11.8 Å². The lowest BCUT2D eigenvalue weighted by atomic mass is 10.1. The lowest BCUT2D eigenvalue weighted by Gasteiger charge is -2.30. The largest absolute Gasteiger partial charge is 0.354 e. The van der Waals surface area contributed by atoms with E-state index in [0.717, 1.165) is 16.9 Å². The zero-order chi connectivity index (χ0) is 21.1. The molecule has 0 heterocycles. The number of halogens is 1. The average molecular weight is 433 g/mol. The Morgan fingerprint density at radius 3 is 2.38 bits per heavy atom. The van der Waals surface area contributed by atoms with Gasteiger partial charge >= 0.3 is 0 Å². The van der Waals surface area contributed by atoms with Crippen molar-refractivity contribution in [1.82, 2.24) is 10.2 Å². The van der Waals surface area contributed by atoms with Crippen LogP contribution in [0.1, 0.15) is 38.7 Å². The van der Waals surface area contributed by atoms with Crippen molar-refractivity contribution in [2.75, 3.05) is 12.3 Å². The molecule has 0 spiro atoms. The van der Waals surface area contributed by atoms with E-state index in [4.69, 9.17) is 11.6 Å². The predicted octanol–water partition coefficient (Wildman–Crippen LogP) is 5.16. The van der Waals surface area contributed by atoms with Crippen molar-refractivity contribution < 1.29 is 9.59 Å². The molecule has 156 valence electrons. The maximum absolute atomic E-state index is 13.1. The van der Waals surface area contributed by atoms with Crippen molar-refractivity contribution in [2.24, 2.45) is 0 Å². The minimum Gasteiger partial charge on any atom is -0.354 e. The van der Waals surface area contributed by atoms with Gasteiger partial charge in [-0.15, -0.1) is 11.8 Å². The molecule has 0 aliphatic rings. The Bertz CT molecular complexity index is 768. The third-order valence-electron chi connectivity index (χ3n) is 4.53. The van der Waals surface area contributed by atoms with Gasteiger partial charge in [-0.25, -0.2) is 0 Å². The Balaban J connectivity index is 2.06. The molecule has 6 heteroatoms. The third-order valence-corrected chi connectivity index (χ3v) is 5.79.